The van der Waals surface area contributed by atoms with Gasteiger partial charge < -0.3 is 10.5 Å². The van der Waals surface area contributed by atoms with Gasteiger partial charge in [0.05, 0.1) is 12.8 Å². The van der Waals surface area contributed by atoms with Gasteiger partial charge in [0.15, 0.2) is 5.13 Å². The van der Waals surface area contributed by atoms with Crippen LogP contribution in [0.15, 0.2) is 18.2 Å². The molecule has 0 aliphatic carbocycles. The first-order valence-corrected chi connectivity index (χ1v) is 5.81. The molecule has 16 heavy (non-hydrogen) atoms. The largest absolute Gasteiger partial charge is 0.496 e. The number of rotatable bonds is 2. The topological polar surface area (TPSA) is 48.1 Å². The summed E-state index contributed by atoms with van der Waals surface area (Å²) in [4.78, 5) is 5.46. The van der Waals surface area contributed by atoms with Crippen LogP contribution in [0.4, 0.5) is 5.13 Å². The van der Waals surface area contributed by atoms with Gasteiger partial charge in [-0.05, 0) is 26.0 Å². The summed E-state index contributed by atoms with van der Waals surface area (Å²) in [5.41, 5.74) is 8.82. The average molecular weight is 234 g/mol. The molecular formula is C12H14N2OS. The van der Waals surface area contributed by atoms with Crippen molar-refractivity contribution >= 4 is 16.5 Å². The van der Waals surface area contributed by atoms with E-state index in [-0.39, 0.29) is 0 Å². The van der Waals surface area contributed by atoms with Crippen molar-refractivity contribution in [2.75, 3.05) is 12.8 Å². The van der Waals surface area contributed by atoms with Crippen molar-refractivity contribution in [3.05, 3.63) is 28.6 Å². The van der Waals surface area contributed by atoms with E-state index in [4.69, 9.17) is 10.5 Å². The molecular weight excluding hydrogens is 220 g/mol. The Hall–Kier alpha value is -1.55. The number of hydrogen-bond acceptors (Lipinski definition) is 4. The van der Waals surface area contributed by atoms with Crippen molar-refractivity contribution in [1.29, 1.82) is 0 Å². The molecule has 0 amide bonds. The molecule has 1 heterocycles. The van der Waals surface area contributed by atoms with Crippen LogP contribution in [0.1, 0.15) is 10.4 Å². The second-order valence-corrected chi connectivity index (χ2v) is 4.90. The molecule has 0 aliphatic heterocycles. The molecule has 1 aromatic heterocycles. The zero-order valence-electron chi connectivity index (χ0n) is 9.57. The Kier molecular flexibility index (Phi) is 2.83. The van der Waals surface area contributed by atoms with Gasteiger partial charge >= 0.3 is 0 Å². The Labute approximate surface area is 98.9 Å². The molecule has 0 fully saturated rings. The second-order valence-electron chi connectivity index (χ2n) is 3.66. The van der Waals surface area contributed by atoms with Crippen LogP contribution >= 0.6 is 11.3 Å². The van der Waals surface area contributed by atoms with Crippen LogP contribution in [0.3, 0.4) is 0 Å². The zero-order valence-corrected chi connectivity index (χ0v) is 10.4. The summed E-state index contributed by atoms with van der Waals surface area (Å²) in [6, 6.07) is 6.05. The molecule has 2 rings (SSSR count). The molecule has 0 unspecified atom stereocenters. The van der Waals surface area contributed by atoms with Gasteiger partial charge in [-0.3, -0.25) is 0 Å². The number of aromatic nitrogens is 1. The summed E-state index contributed by atoms with van der Waals surface area (Å²) < 4.78 is 5.34. The molecule has 0 atom stereocenters. The molecule has 0 radical (unpaired) electrons. The van der Waals surface area contributed by atoms with Gasteiger partial charge in [0.2, 0.25) is 0 Å². The van der Waals surface area contributed by atoms with E-state index >= 15 is 0 Å². The van der Waals surface area contributed by atoms with E-state index in [0.717, 1.165) is 21.9 Å². The third kappa shape index (κ3) is 1.88. The Balaban J connectivity index is 2.62. The molecule has 4 heteroatoms. The van der Waals surface area contributed by atoms with Crippen LogP contribution < -0.4 is 10.5 Å². The molecule has 3 nitrogen and oxygen atoms in total. The standard InChI is InChI=1S/C12H14N2OS/c1-7-4-5-10(15-3)9(6-7)11-8(2)16-12(13)14-11/h4-6H,1-3H3,(H2,13,14). The summed E-state index contributed by atoms with van der Waals surface area (Å²) in [5.74, 6) is 0.832. The number of ether oxygens (including phenoxy) is 1. The Bertz CT molecular complexity index is 520. The Morgan fingerprint density at radius 2 is 2.06 bits per heavy atom. The summed E-state index contributed by atoms with van der Waals surface area (Å²) in [6.07, 6.45) is 0. The van der Waals surface area contributed by atoms with Crippen molar-refractivity contribution in [3.8, 4) is 17.0 Å². The summed E-state index contributed by atoms with van der Waals surface area (Å²) in [7, 11) is 1.67. The molecule has 0 bridgehead atoms. The lowest BCUT2D eigenvalue weighted by Gasteiger charge is -2.07. The quantitative estimate of drug-likeness (QED) is 0.869. The van der Waals surface area contributed by atoms with Crippen molar-refractivity contribution in [2.24, 2.45) is 0 Å². The molecule has 2 aromatic rings. The average Bonchev–Trinajstić information content (AvgIpc) is 2.57. The number of nitrogen functional groups attached to an aromatic ring is 1. The molecule has 84 valence electrons. The van der Waals surface area contributed by atoms with Crippen molar-refractivity contribution in [1.82, 2.24) is 4.98 Å². The highest BCUT2D eigenvalue weighted by atomic mass is 32.1. The molecule has 0 aliphatic rings. The fourth-order valence-corrected chi connectivity index (χ4v) is 2.38. The van der Waals surface area contributed by atoms with Gasteiger partial charge in [0, 0.05) is 10.4 Å². The smallest absolute Gasteiger partial charge is 0.180 e. The summed E-state index contributed by atoms with van der Waals surface area (Å²) in [6.45, 7) is 4.07. The van der Waals surface area contributed by atoms with E-state index in [1.807, 2.05) is 26.0 Å². The maximum absolute atomic E-state index is 5.71. The van der Waals surface area contributed by atoms with Gasteiger partial charge in [0.1, 0.15) is 5.75 Å². The van der Waals surface area contributed by atoms with Crippen LogP contribution in [0.5, 0.6) is 5.75 Å². The lowest BCUT2D eigenvalue weighted by Crippen LogP contribution is -1.91. The predicted octanol–water partition coefficient (Wildman–Crippen LogP) is 3.02. The number of nitrogens with zero attached hydrogens (tertiary/aromatic N) is 1. The first-order chi connectivity index (χ1) is 7.61. The first-order valence-electron chi connectivity index (χ1n) is 4.99. The van der Waals surface area contributed by atoms with E-state index in [0.29, 0.717) is 5.13 Å². The van der Waals surface area contributed by atoms with Gasteiger partial charge in [-0.2, -0.15) is 0 Å². The minimum atomic E-state index is 0.594. The number of anilines is 1. The van der Waals surface area contributed by atoms with Gasteiger partial charge in [-0.25, -0.2) is 4.98 Å². The maximum Gasteiger partial charge on any atom is 0.180 e. The lowest BCUT2D eigenvalue weighted by atomic mass is 10.1. The van der Waals surface area contributed by atoms with Crippen LogP contribution in [0.2, 0.25) is 0 Å². The number of benzene rings is 1. The molecule has 0 saturated heterocycles. The van der Waals surface area contributed by atoms with Gasteiger partial charge in [-0.15, -0.1) is 11.3 Å². The number of thiazole rings is 1. The predicted molar refractivity (Wildman–Crippen MR) is 68.0 cm³/mol. The SMILES string of the molecule is COc1ccc(C)cc1-c1nc(N)sc1C. The molecule has 0 saturated carbocycles. The van der Waals surface area contributed by atoms with Gasteiger partial charge in [-0.1, -0.05) is 11.6 Å². The normalized spacial score (nSPS) is 10.4. The highest BCUT2D eigenvalue weighted by Crippen LogP contribution is 2.35. The van der Waals surface area contributed by atoms with Crippen LogP contribution in [-0.2, 0) is 0 Å². The molecule has 1 aromatic carbocycles. The number of methoxy groups -OCH3 is 1. The van der Waals surface area contributed by atoms with Crippen molar-refractivity contribution in [2.45, 2.75) is 13.8 Å². The summed E-state index contributed by atoms with van der Waals surface area (Å²) >= 11 is 1.50. The number of hydrogen-bond donors (Lipinski definition) is 1. The third-order valence-corrected chi connectivity index (χ3v) is 3.22. The third-order valence-electron chi connectivity index (χ3n) is 2.42. The minimum absolute atomic E-state index is 0.594. The van der Waals surface area contributed by atoms with E-state index in [1.165, 1.54) is 16.9 Å². The van der Waals surface area contributed by atoms with Gasteiger partial charge in [0.25, 0.3) is 0 Å². The Morgan fingerprint density at radius 3 is 2.62 bits per heavy atom. The summed E-state index contributed by atoms with van der Waals surface area (Å²) in [5, 5.41) is 0.594. The number of nitrogens with two attached hydrogens (primary N) is 1. The molecule has 2 N–H and O–H groups in total. The van der Waals surface area contributed by atoms with Crippen molar-refractivity contribution in [3.63, 3.8) is 0 Å². The van der Waals surface area contributed by atoms with Crippen LogP contribution in [0.25, 0.3) is 11.3 Å². The monoisotopic (exact) mass is 234 g/mol. The van der Waals surface area contributed by atoms with E-state index in [1.54, 1.807) is 7.11 Å². The van der Waals surface area contributed by atoms with Crippen LogP contribution in [0, 0.1) is 13.8 Å². The highest BCUT2D eigenvalue weighted by molar-refractivity contribution is 7.15. The number of aryl methyl sites for hydroxylation is 2. The minimum Gasteiger partial charge on any atom is -0.496 e. The van der Waals surface area contributed by atoms with E-state index in [2.05, 4.69) is 11.1 Å². The van der Waals surface area contributed by atoms with E-state index in [9.17, 15) is 0 Å². The first kappa shape index (κ1) is 11.0. The van der Waals surface area contributed by atoms with Crippen LogP contribution in [-0.4, -0.2) is 12.1 Å². The Morgan fingerprint density at radius 1 is 1.31 bits per heavy atom. The lowest BCUT2D eigenvalue weighted by molar-refractivity contribution is 0.416. The maximum atomic E-state index is 5.71. The fourth-order valence-electron chi connectivity index (χ4n) is 1.67. The van der Waals surface area contributed by atoms with Crippen molar-refractivity contribution < 1.29 is 4.74 Å². The zero-order chi connectivity index (χ0) is 11.7. The van der Waals surface area contributed by atoms with E-state index < -0.39 is 0 Å². The second kappa shape index (κ2) is 4.14. The molecule has 0 spiro atoms. The fraction of sp³-hybridized carbons (Fsp3) is 0.250. The highest BCUT2D eigenvalue weighted by Gasteiger charge is 2.12.